The smallest absolute Gasteiger partial charge is 0.00490 e. The molecule has 0 amide bonds. The molecule has 0 saturated heterocycles. The number of hydrogen-bond acceptors (Lipinski definition) is 2. The van der Waals surface area contributed by atoms with Crippen molar-refractivity contribution < 1.29 is 0 Å². The first-order valence-electron chi connectivity index (χ1n) is 5.20. The fraction of sp³-hybridized carbons (Fsp3) is 1.00. The summed E-state index contributed by atoms with van der Waals surface area (Å²) < 4.78 is 0. The Labute approximate surface area is 81.7 Å². The van der Waals surface area contributed by atoms with Crippen LogP contribution in [0, 0.1) is 0 Å². The van der Waals surface area contributed by atoms with Crippen molar-refractivity contribution in [3.63, 3.8) is 0 Å². The van der Waals surface area contributed by atoms with Crippen molar-refractivity contribution in [1.29, 1.82) is 0 Å². The Morgan fingerprint density at radius 2 is 1.75 bits per heavy atom. The Hall–Kier alpha value is 0.310. The molecule has 0 aliphatic heterocycles. The fourth-order valence-electron chi connectivity index (χ4n) is 1.13. The molecule has 0 aromatic carbocycles. The first-order chi connectivity index (χ1) is 5.91. The molecule has 0 fully saturated rings. The molecule has 1 N–H and O–H groups in total. The van der Waals surface area contributed by atoms with E-state index in [-0.39, 0.29) is 0 Å². The molecule has 0 aromatic rings. The van der Waals surface area contributed by atoms with E-state index in [0.717, 1.165) is 6.54 Å². The van der Waals surface area contributed by atoms with Crippen molar-refractivity contribution in [1.82, 2.24) is 5.32 Å². The van der Waals surface area contributed by atoms with Crippen molar-refractivity contribution in [2.24, 2.45) is 0 Å². The van der Waals surface area contributed by atoms with E-state index in [9.17, 15) is 0 Å². The van der Waals surface area contributed by atoms with Crippen LogP contribution in [0.2, 0.25) is 0 Å². The van der Waals surface area contributed by atoms with Crippen molar-refractivity contribution in [3.8, 4) is 0 Å². The van der Waals surface area contributed by atoms with Crippen LogP contribution < -0.4 is 5.32 Å². The molecule has 0 heterocycles. The van der Waals surface area contributed by atoms with Crippen LogP contribution in [0.25, 0.3) is 0 Å². The van der Waals surface area contributed by atoms with Crippen LogP contribution in [0.1, 0.15) is 39.5 Å². The van der Waals surface area contributed by atoms with E-state index in [4.69, 9.17) is 0 Å². The van der Waals surface area contributed by atoms with Crippen molar-refractivity contribution in [3.05, 3.63) is 0 Å². The Morgan fingerprint density at radius 3 is 2.42 bits per heavy atom. The molecule has 2 heteroatoms. The standard InChI is InChI=1S/C10H23NS/c1-3-11-9-7-5-6-8-10-12-4-2/h11H,3-10H2,1-2H3. The molecular formula is C10H23NS. The number of rotatable bonds is 9. The molecular weight excluding hydrogens is 166 g/mol. The third-order valence-electron chi connectivity index (χ3n) is 1.85. The average molecular weight is 189 g/mol. The molecule has 0 atom stereocenters. The van der Waals surface area contributed by atoms with E-state index < -0.39 is 0 Å². The van der Waals surface area contributed by atoms with Crippen molar-refractivity contribution in [2.45, 2.75) is 39.5 Å². The normalized spacial score (nSPS) is 10.5. The van der Waals surface area contributed by atoms with Crippen LogP contribution in [0.4, 0.5) is 0 Å². The molecule has 0 bridgehead atoms. The number of thioether (sulfide) groups is 1. The summed E-state index contributed by atoms with van der Waals surface area (Å²) in [6.45, 7) is 6.72. The third-order valence-corrected chi connectivity index (χ3v) is 2.83. The van der Waals surface area contributed by atoms with Gasteiger partial charge in [0, 0.05) is 0 Å². The summed E-state index contributed by atoms with van der Waals surface area (Å²) in [6, 6.07) is 0. The highest BCUT2D eigenvalue weighted by atomic mass is 32.2. The van der Waals surface area contributed by atoms with Gasteiger partial charge in [0.25, 0.3) is 0 Å². The van der Waals surface area contributed by atoms with Gasteiger partial charge in [-0.15, -0.1) is 0 Å². The van der Waals surface area contributed by atoms with E-state index in [1.807, 2.05) is 0 Å². The molecule has 0 rings (SSSR count). The second-order valence-electron chi connectivity index (χ2n) is 2.96. The fourth-order valence-corrected chi connectivity index (χ4v) is 1.83. The monoisotopic (exact) mass is 189 g/mol. The van der Waals surface area contributed by atoms with Crippen LogP contribution in [0.3, 0.4) is 0 Å². The minimum atomic E-state index is 1.12. The minimum Gasteiger partial charge on any atom is -0.317 e. The van der Waals surface area contributed by atoms with Gasteiger partial charge in [0.15, 0.2) is 0 Å². The summed E-state index contributed by atoms with van der Waals surface area (Å²) in [7, 11) is 0. The summed E-state index contributed by atoms with van der Waals surface area (Å²) >= 11 is 2.06. The van der Waals surface area contributed by atoms with Gasteiger partial charge in [-0.05, 0) is 37.4 Å². The van der Waals surface area contributed by atoms with Crippen molar-refractivity contribution >= 4 is 11.8 Å². The van der Waals surface area contributed by atoms with E-state index >= 15 is 0 Å². The Balaban J connectivity index is 2.73. The Bertz CT molecular complexity index is 66.2. The molecule has 0 unspecified atom stereocenters. The molecule has 0 aliphatic carbocycles. The highest BCUT2D eigenvalue weighted by Crippen LogP contribution is 2.06. The van der Waals surface area contributed by atoms with Crippen LogP contribution in [0.5, 0.6) is 0 Å². The lowest BCUT2D eigenvalue weighted by molar-refractivity contribution is 0.613. The minimum absolute atomic E-state index is 1.12. The average Bonchev–Trinajstić information content (AvgIpc) is 2.10. The molecule has 74 valence electrons. The van der Waals surface area contributed by atoms with Crippen molar-refractivity contribution in [2.75, 3.05) is 24.6 Å². The van der Waals surface area contributed by atoms with E-state index in [1.165, 1.54) is 43.7 Å². The van der Waals surface area contributed by atoms with Gasteiger partial charge < -0.3 is 5.32 Å². The van der Waals surface area contributed by atoms with Gasteiger partial charge >= 0.3 is 0 Å². The molecule has 0 spiro atoms. The number of nitrogens with one attached hydrogen (secondary N) is 1. The SMILES string of the molecule is CCNCCCCCCSCC. The van der Waals surface area contributed by atoms with E-state index in [2.05, 4.69) is 30.9 Å². The van der Waals surface area contributed by atoms with E-state index in [0.29, 0.717) is 0 Å². The summed E-state index contributed by atoms with van der Waals surface area (Å²) in [5, 5.41) is 3.35. The lowest BCUT2D eigenvalue weighted by Gasteiger charge is -2.01. The first-order valence-corrected chi connectivity index (χ1v) is 6.35. The van der Waals surface area contributed by atoms with Gasteiger partial charge in [0.2, 0.25) is 0 Å². The number of hydrogen-bond donors (Lipinski definition) is 1. The predicted octanol–water partition coefficient (Wildman–Crippen LogP) is 2.91. The highest BCUT2D eigenvalue weighted by Gasteiger charge is 1.89. The second-order valence-corrected chi connectivity index (χ2v) is 4.36. The van der Waals surface area contributed by atoms with Crippen LogP contribution in [-0.4, -0.2) is 24.6 Å². The largest absolute Gasteiger partial charge is 0.317 e. The summed E-state index contributed by atoms with van der Waals surface area (Å²) in [5.74, 6) is 2.63. The maximum absolute atomic E-state index is 3.35. The van der Waals surface area contributed by atoms with Gasteiger partial charge in [-0.1, -0.05) is 26.7 Å². The topological polar surface area (TPSA) is 12.0 Å². The first kappa shape index (κ1) is 12.3. The van der Waals surface area contributed by atoms with Gasteiger partial charge in [-0.3, -0.25) is 0 Å². The molecule has 0 saturated carbocycles. The van der Waals surface area contributed by atoms with Gasteiger partial charge in [-0.2, -0.15) is 11.8 Å². The summed E-state index contributed by atoms with van der Waals surface area (Å²) in [6.07, 6.45) is 5.57. The molecule has 0 radical (unpaired) electrons. The third kappa shape index (κ3) is 10.3. The zero-order chi connectivity index (χ0) is 9.07. The van der Waals surface area contributed by atoms with Crippen LogP contribution in [-0.2, 0) is 0 Å². The van der Waals surface area contributed by atoms with E-state index in [1.54, 1.807) is 0 Å². The van der Waals surface area contributed by atoms with Gasteiger partial charge in [0.05, 0.1) is 0 Å². The maximum atomic E-state index is 3.35. The maximum Gasteiger partial charge on any atom is -0.00490 e. The molecule has 12 heavy (non-hydrogen) atoms. The Kier molecular flexibility index (Phi) is 11.6. The highest BCUT2D eigenvalue weighted by molar-refractivity contribution is 7.99. The lowest BCUT2D eigenvalue weighted by Crippen LogP contribution is -2.13. The molecule has 0 aromatic heterocycles. The quantitative estimate of drug-likeness (QED) is 0.560. The summed E-state index contributed by atoms with van der Waals surface area (Å²) in [5.41, 5.74) is 0. The Morgan fingerprint density at radius 1 is 1.00 bits per heavy atom. The molecule has 1 nitrogen and oxygen atoms in total. The van der Waals surface area contributed by atoms with Gasteiger partial charge in [0.1, 0.15) is 0 Å². The number of unbranched alkanes of at least 4 members (excludes halogenated alkanes) is 3. The second kappa shape index (κ2) is 11.3. The summed E-state index contributed by atoms with van der Waals surface area (Å²) in [4.78, 5) is 0. The zero-order valence-corrected chi connectivity index (χ0v) is 9.38. The molecule has 0 aliphatic rings. The zero-order valence-electron chi connectivity index (χ0n) is 8.57. The predicted molar refractivity (Wildman–Crippen MR) is 60.0 cm³/mol. The lowest BCUT2D eigenvalue weighted by atomic mass is 10.2. The van der Waals surface area contributed by atoms with Gasteiger partial charge in [-0.25, -0.2) is 0 Å². The van der Waals surface area contributed by atoms with Crippen LogP contribution >= 0.6 is 11.8 Å². The van der Waals surface area contributed by atoms with Crippen LogP contribution in [0.15, 0.2) is 0 Å².